The highest BCUT2D eigenvalue weighted by atomic mass is 35.5. The van der Waals surface area contributed by atoms with E-state index in [2.05, 4.69) is 4.72 Å². The Balaban J connectivity index is 2.14. The van der Waals surface area contributed by atoms with Crippen LogP contribution >= 0.6 is 11.6 Å². The Kier molecular flexibility index (Phi) is 4.53. The van der Waals surface area contributed by atoms with E-state index in [4.69, 9.17) is 17.3 Å². The minimum Gasteiger partial charge on any atom is -0.396 e. The van der Waals surface area contributed by atoms with Crippen LogP contribution < -0.4 is 10.5 Å². The molecule has 5 nitrogen and oxygen atoms in total. The van der Waals surface area contributed by atoms with Gasteiger partial charge in [0.25, 0.3) is 0 Å². The zero-order valence-corrected chi connectivity index (χ0v) is 12.2. The number of nitrogens with one attached hydrogen (secondary N) is 1. The number of nitrogens with two attached hydrogens (primary N) is 1. The van der Waals surface area contributed by atoms with Crippen molar-refractivity contribution in [3.05, 3.63) is 23.0 Å². The lowest BCUT2D eigenvalue weighted by Crippen LogP contribution is -2.29. The van der Waals surface area contributed by atoms with E-state index in [0.717, 1.165) is 18.6 Å². The van der Waals surface area contributed by atoms with Crippen molar-refractivity contribution in [2.24, 2.45) is 5.92 Å². The molecule has 2 atom stereocenters. The molecule has 1 aromatic rings. The summed E-state index contributed by atoms with van der Waals surface area (Å²) in [5.41, 5.74) is 5.06. The molecule has 0 aromatic heterocycles. The first-order valence-corrected chi connectivity index (χ1v) is 8.08. The van der Waals surface area contributed by atoms with Gasteiger partial charge in [0.05, 0.1) is 11.8 Å². The smallest absolute Gasteiger partial charge is 0.243 e. The van der Waals surface area contributed by atoms with Crippen LogP contribution in [0.4, 0.5) is 10.1 Å². The van der Waals surface area contributed by atoms with Gasteiger partial charge in [-0.05, 0) is 37.3 Å². The average molecular weight is 323 g/mol. The van der Waals surface area contributed by atoms with Gasteiger partial charge in [-0.2, -0.15) is 0 Å². The number of aliphatic hydroxyl groups is 1. The van der Waals surface area contributed by atoms with Gasteiger partial charge in [-0.15, -0.1) is 0 Å². The highest BCUT2D eigenvalue weighted by Gasteiger charge is 2.26. The van der Waals surface area contributed by atoms with Gasteiger partial charge >= 0.3 is 0 Å². The van der Waals surface area contributed by atoms with Crippen LogP contribution in [-0.4, -0.2) is 26.2 Å². The van der Waals surface area contributed by atoms with Crippen molar-refractivity contribution in [3.63, 3.8) is 0 Å². The lowest BCUT2D eigenvalue weighted by atomic mass is 10.1. The van der Waals surface area contributed by atoms with Gasteiger partial charge in [0, 0.05) is 11.6 Å². The molecule has 112 valence electrons. The second-order valence-corrected chi connectivity index (χ2v) is 7.16. The quantitative estimate of drug-likeness (QED) is 0.732. The lowest BCUT2D eigenvalue weighted by molar-refractivity contribution is 0.178. The third-order valence-corrected chi connectivity index (χ3v) is 5.04. The molecular formula is C12H16ClFN2O3S. The van der Waals surface area contributed by atoms with Gasteiger partial charge in [0.15, 0.2) is 5.82 Å². The molecular weight excluding hydrogens is 307 g/mol. The second kappa shape index (κ2) is 5.85. The molecule has 0 aliphatic heterocycles. The summed E-state index contributed by atoms with van der Waals surface area (Å²) in [6, 6.07) is 2.18. The van der Waals surface area contributed by atoms with Crippen LogP contribution in [-0.2, 0) is 10.0 Å². The normalized spacial score (nSPS) is 23.1. The van der Waals surface area contributed by atoms with E-state index >= 15 is 0 Å². The number of halogens is 2. The van der Waals surface area contributed by atoms with Gasteiger partial charge in [-0.3, -0.25) is 0 Å². The zero-order valence-electron chi connectivity index (χ0n) is 10.6. The number of rotatable bonds is 4. The van der Waals surface area contributed by atoms with Gasteiger partial charge in [0.2, 0.25) is 10.0 Å². The molecule has 0 saturated heterocycles. The van der Waals surface area contributed by atoms with E-state index in [9.17, 15) is 17.9 Å². The van der Waals surface area contributed by atoms with Crippen LogP contribution in [0.1, 0.15) is 19.3 Å². The molecule has 4 N–H and O–H groups in total. The predicted octanol–water partition coefficient (Wildman–Crippen LogP) is 1.50. The summed E-state index contributed by atoms with van der Waals surface area (Å²) < 4.78 is 40.3. The molecule has 1 aliphatic carbocycles. The maximum absolute atomic E-state index is 13.8. The summed E-state index contributed by atoms with van der Waals surface area (Å²) in [6.45, 7) is 0.158. The van der Waals surface area contributed by atoms with Crippen molar-refractivity contribution < 1.29 is 17.9 Å². The molecule has 0 amide bonds. The molecule has 8 heteroatoms. The van der Waals surface area contributed by atoms with Gasteiger partial charge in [-0.25, -0.2) is 17.5 Å². The lowest BCUT2D eigenvalue weighted by Gasteiger charge is -2.13. The fourth-order valence-corrected chi connectivity index (χ4v) is 3.86. The molecule has 1 saturated carbocycles. The summed E-state index contributed by atoms with van der Waals surface area (Å²) in [5, 5.41) is 9.45. The number of sulfonamides is 1. The predicted molar refractivity (Wildman–Crippen MR) is 74.4 cm³/mol. The van der Waals surface area contributed by atoms with E-state index in [1.807, 2.05) is 0 Å². The van der Waals surface area contributed by atoms with Crippen LogP contribution in [0.5, 0.6) is 0 Å². The molecule has 1 aromatic carbocycles. The average Bonchev–Trinajstić information content (AvgIpc) is 2.77. The summed E-state index contributed by atoms with van der Waals surface area (Å²) in [7, 11) is -4.01. The minimum atomic E-state index is -4.01. The van der Waals surface area contributed by atoms with Crippen molar-refractivity contribution in [1.82, 2.24) is 4.72 Å². The van der Waals surface area contributed by atoms with Crippen molar-refractivity contribution in [1.29, 1.82) is 0 Å². The first-order chi connectivity index (χ1) is 9.29. The third-order valence-electron chi connectivity index (χ3n) is 3.40. The SMILES string of the molecule is Nc1cc(Cl)cc(S(=O)(=O)NCC2CCC(O)C2)c1F. The van der Waals surface area contributed by atoms with Crippen molar-refractivity contribution in [2.75, 3.05) is 12.3 Å². The minimum absolute atomic E-state index is 0.0550. The standard InChI is InChI=1S/C12H16ClFN2O3S/c13-8-4-10(15)12(14)11(5-8)20(18,19)16-6-7-1-2-9(17)3-7/h4-5,7,9,16-17H,1-3,6,15H2. The fourth-order valence-electron chi connectivity index (χ4n) is 2.32. The summed E-state index contributed by atoms with van der Waals surface area (Å²) in [5.74, 6) is -0.951. The Hall–Kier alpha value is -0.890. The molecule has 2 unspecified atom stereocenters. The van der Waals surface area contributed by atoms with Gasteiger partial charge in [-0.1, -0.05) is 11.6 Å². The monoisotopic (exact) mass is 322 g/mol. The molecule has 0 radical (unpaired) electrons. The molecule has 1 aliphatic rings. The van der Waals surface area contributed by atoms with Crippen molar-refractivity contribution >= 4 is 27.3 Å². The van der Waals surface area contributed by atoms with Crippen LogP contribution in [0.15, 0.2) is 17.0 Å². The van der Waals surface area contributed by atoms with Crippen LogP contribution in [0.25, 0.3) is 0 Å². The first kappa shape index (κ1) is 15.5. The number of hydrogen-bond acceptors (Lipinski definition) is 4. The number of hydrogen-bond donors (Lipinski definition) is 3. The van der Waals surface area contributed by atoms with E-state index in [1.165, 1.54) is 0 Å². The highest BCUT2D eigenvalue weighted by molar-refractivity contribution is 7.89. The number of benzene rings is 1. The second-order valence-electron chi connectivity index (χ2n) is 4.99. The highest BCUT2D eigenvalue weighted by Crippen LogP contribution is 2.27. The van der Waals surface area contributed by atoms with Crippen molar-refractivity contribution in [2.45, 2.75) is 30.3 Å². The Labute approximate surface area is 122 Å². The summed E-state index contributed by atoms with van der Waals surface area (Å²) in [4.78, 5) is -0.555. The fraction of sp³-hybridized carbons (Fsp3) is 0.500. The first-order valence-electron chi connectivity index (χ1n) is 6.22. The van der Waals surface area contributed by atoms with Crippen LogP contribution in [0.3, 0.4) is 0 Å². The third kappa shape index (κ3) is 3.41. The number of anilines is 1. The number of aliphatic hydroxyl groups excluding tert-OH is 1. The topological polar surface area (TPSA) is 92.4 Å². The van der Waals surface area contributed by atoms with Gasteiger partial charge in [0.1, 0.15) is 4.90 Å². The van der Waals surface area contributed by atoms with E-state index < -0.39 is 20.7 Å². The summed E-state index contributed by atoms with van der Waals surface area (Å²) in [6.07, 6.45) is 1.56. The summed E-state index contributed by atoms with van der Waals surface area (Å²) >= 11 is 5.70. The molecule has 0 spiro atoms. The van der Waals surface area contributed by atoms with E-state index in [0.29, 0.717) is 12.8 Å². The maximum Gasteiger partial charge on any atom is 0.243 e. The molecule has 0 bridgehead atoms. The molecule has 1 fully saturated rings. The molecule has 2 rings (SSSR count). The largest absolute Gasteiger partial charge is 0.396 e. The Bertz CT molecular complexity index is 609. The van der Waals surface area contributed by atoms with Gasteiger partial charge < -0.3 is 10.8 Å². The Morgan fingerprint density at radius 1 is 1.45 bits per heavy atom. The Morgan fingerprint density at radius 3 is 2.75 bits per heavy atom. The molecule has 20 heavy (non-hydrogen) atoms. The Morgan fingerprint density at radius 2 is 2.15 bits per heavy atom. The van der Waals surface area contributed by atoms with Crippen LogP contribution in [0, 0.1) is 11.7 Å². The molecule has 0 heterocycles. The van der Waals surface area contributed by atoms with Crippen LogP contribution in [0.2, 0.25) is 5.02 Å². The van der Waals surface area contributed by atoms with E-state index in [1.54, 1.807) is 0 Å². The van der Waals surface area contributed by atoms with E-state index in [-0.39, 0.29) is 29.3 Å². The zero-order chi connectivity index (χ0) is 14.9. The van der Waals surface area contributed by atoms with Crippen molar-refractivity contribution in [3.8, 4) is 0 Å². The maximum atomic E-state index is 13.8. The number of nitrogen functional groups attached to an aromatic ring is 1.